The molecule has 2 heterocycles. The van der Waals surface area contributed by atoms with E-state index in [1.807, 2.05) is 41.1 Å². The average Bonchev–Trinajstić information content (AvgIpc) is 3.57. The first-order valence-electron chi connectivity index (χ1n) is 13.5. The molecule has 0 spiro atoms. The van der Waals surface area contributed by atoms with E-state index in [9.17, 15) is 14.4 Å². The van der Waals surface area contributed by atoms with Crippen molar-refractivity contribution in [3.05, 3.63) is 102 Å². The summed E-state index contributed by atoms with van der Waals surface area (Å²) in [4.78, 5) is 16.5. The number of halogens is 1. The normalized spacial score (nSPS) is 13.5. The molecule has 1 saturated carbocycles. The lowest BCUT2D eigenvalue weighted by Crippen LogP contribution is -2.16. The van der Waals surface area contributed by atoms with Gasteiger partial charge in [0.2, 0.25) is 0 Å². The smallest absolute Gasteiger partial charge is 0.412 e. The van der Waals surface area contributed by atoms with Crippen molar-refractivity contribution in [1.29, 1.82) is 5.26 Å². The number of aromatic nitrogens is 3. The van der Waals surface area contributed by atoms with Crippen LogP contribution in [-0.2, 0) is 11.3 Å². The number of imidazole rings is 1. The summed E-state index contributed by atoms with van der Waals surface area (Å²) in [5.74, 6) is 0.405. The van der Waals surface area contributed by atoms with Crippen LogP contribution in [0.4, 0.5) is 14.9 Å². The SMILES string of the molecule is C[C@@H](OC(=O)Nc1ccc(-c2c(C#N)c3ccc(OCCn4ccnc4)cc3n2C2CC2)cc1)c1ccc(F)cc1. The Morgan fingerprint density at radius 2 is 1.93 bits per heavy atom. The molecule has 6 rings (SSSR count). The lowest BCUT2D eigenvalue weighted by Gasteiger charge is -2.15. The highest BCUT2D eigenvalue weighted by atomic mass is 19.1. The number of nitrogens with zero attached hydrogens (tertiary/aromatic N) is 4. The van der Waals surface area contributed by atoms with Crippen LogP contribution >= 0.6 is 0 Å². The second-order valence-electron chi connectivity index (χ2n) is 10.1. The first-order chi connectivity index (χ1) is 20.0. The highest BCUT2D eigenvalue weighted by Crippen LogP contribution is 2.45. The van der Waals surface area contributed by atoms with Crippen LogP contribution in [0.15, 0.2) is 85.5 Å². The number of hydrogen-bond acceptors (Lipinski definition) is 5. The maximum Gasteiger partial charge on any atom is 0.412 e. The molecule has 5 aromatic rings. The van der Waals surface area contributed by atoms with Gasteiger partial charge < -0.3 is 18.6 Å². The van der Waals surface area contributed by atoms with Gasteiger partial charge in [0.15, 0.2) is 0 Å². The summed E-state index contributed by atoms with van der Waals surface area (Å²) in [6, 6.07) is 21.8. The van der Waals surface area contributed by atoms with E-state index in [0.29, 0.717) is 36.0 Å². The van der Waals surface area contributed by atoms with Crippen LogP contribution in [0.25, 0.3) is 22.2 Å². The topological polar surface area (TPSA) is 94.1 Å². The molecule has 8 nitrogen and oxygen atoms in total. The molecule has 0 saturated heterocycles. The monoisotopic (exact) mass is 549 g/mol. The summed E-state index contributed by atoms with van der Waals surface area (Å²) in [5, 5.41) is 13.8. The first-order valence-corrected chi connectivity index (χ1v) is 13.5. The third-order valence-electron chi connectivity index (χ3n) is 7.20. The van der Waals surface area contributed by atoms with E-state index >= 15 is 0 Å². The minimum absolute atomic E-state index is 0.316. The molecule has 1 fully saturated rings. The quantitative estimate of drug-likeness (QED) is 0.209. The third kappa shape index (κ3) is 5.63. The fourth-order valence-electron chi connectivity index (χ4n) is 5.00. The summed E-state index contributed by atoms with van der Waals surface area (Å²) in [7, 11) is 0. The number of rotatable bonds is 9. The van der Waals surface area contributed by atoms with Crippen LogP contribution in [0, 0.1) is 17.1 Å². The Bertz CT molecular complexity index is 1720. The second-order valence-corrected chi connectivity index (χ2v) is 10.1. The van der Waals surface area contributed by atoms with Gasteiger partial charge in [-0.1, -0.05) is 24.3 Å². The van der Waals surface area contributed by atoms with Crippen molar-refractivity contribution in [2.75, 3.05) is 11.9 Å². The number of nitriles is 1. The third-order valence-corrected chi connectivity index (χ3v) is 7.20. The fraction of sp³-hybridized carbons (Fsp3) is 0.219. The molecule has 1 atom stereocenters. The Balaban J connectivity index is 1.21. The van der Waals surface area contributed by atoms with Crippen molar-refractivity contribution in [1.82, 2.24) is 14.1 Å². The zero-order valence-corrected chi connectivity index (χ0v) is 22.5. The summed E-state index contributed by atoms with van der Waals surface area (Å²) in [5.41, 5.74) is 4.59. The Morgan fingerprint density at radius 1 is 1.15 bits per heavy atom. The van der Waals surface area contributed by atoms with Gasteiger partial charge in [0, 0.05) is 35.6 Å². The number of anilines is 1. The summed E-state index contributed by atoms with van der Waals surface area (Å²) < 4.78 is 28.9. The molecule has 1 aliphatic carbocycles. The zero-order chi connectivity index (χ0) is 28.3. The van der Waals surface area contributed by atoms with Crippen molar-refractivity contribution < 1.29 is 18.7 Å². The molecule has 1 N–H and O–H groups in total. The average molecular weight is 550 g/mol. The first kappa shape index (κ1) is 26.1. The number of hydrogen-bond donors (Lipinski definition) is 1. The van der Waals surface area contributed by atoms with Gasteiger partial charge in [-0.2, -0.15) is 5.26 Å². The van der Waals surface area contributed by atoms with E-state index < -0.39 is 12.2 Å². The van der Waals surface area contributed by atoms with E-state index in [4.69, 9.17) is 9.47 Å². The molecule has 1 aliphatic rings. The lowest BCUT2D eigenvalue weighted by molar-refractivity contribution is 0.121. The molecule has 0 unspecified atom stereocenters. The molecule has 2 aromatic heterocycles. The maximum absolute atomic E-state index is 13.2. The Labute approximate surface area is 236 Å². The largest absolute Gasteiger partial charge is 0.492 e. The molecule has 206 valence electrons. The predicted molar refractivity (Wildman–Crippen MR) is 153 cm³/mol. The Kier molecular flexibility index (Phi) is 7.13. The number of ether oxygens (including phenoxy) is 2. The second kappa shape index (κ2) is 11.2. The fourth-order valence-corrected chi connectivity index (χ4v) is 5.00. The van der Waals surface area contributed by atoms with Crippen LogP contribution in [0.3, 0.4) is 0 Å². The Hall–Kier alpha value is -5.10. The van der Waals surface area contributed by atoms with Crippen molar-refractivity contribution in [3.8, 4) is 23.1 Å². The number of fused-ring (bicyclic) bond motifs is 1. The van der Waals surface area contributed by atoms with Crippen LogP contribution in [0.1, 0.15) is 43.0 Å². The van der Waals surface area contributed by atoms with Crippen LogP contribution < -0.4 is 10.1 Å². The molecule has 1 amide bonds. The standard InChI is InChI=1S/C32H28FN5O3/c1-21(22-2-6-24(33)7-3-22)41-32(39)36-25-8-4-23(5-9-25)31-29(19-34)28-13-12-27(18-30(28)38(31)26-10-11-26)40-17-16-37-15-14-35-20-37/h2-9,12-15,18,20-21,26H,10-11,16-17H2,1H3,(H,36,39)/t21-/m1/s1. The molecular formula is C32H28FN5O3. The van der Waals surface area contributed by atoms with E-state index in [1.54, 1.807) is 43.7 Å². The minimum atomic E-state index is -0.611. The summed E-state index contributed by atoms with van der Waals surface area (Å²) in [6.07, 6.45) is 6.34. The predicted octanol–water partition coefficient (Wildman–Crippen LogP) is 7.24. The number of carbonyl (C=O) groups is 1. The highest BCUT2D eigenvalue weighted by molar-refractivity contribution is 5.96. The van der Waals surface area contributed by atoms with Gasteiger partial charge in [0.25, 0.3) is 0 Å². The van der Waals surface area contributed by atoms with Gasteiger partial charge in [-0.25, -0.2) is 14.2 Å². The zero-order valence-electron chi connectivity index (χ0n) is 22.5. The van der Waals surface area contributed by atoms with E-state index in [1.165, 1.54) is 12.1 Å². The highest BCUT2D eigenvalue weighted by Gasteiger charge is 2.31. The van der Waals surface area contributed by atoms with Crippen LogP contribution in [0.5, 0.6) is 5.75 Å². The number of benzene rings is 3. The van der Waals surface area contributed by atoms with Gasteiger partial charge >= 0.3 is 6.09 Å². The van der Waals surface area contributed by atoms with Crippen molar-refractivity contribution >= 4 is 22.7 Å². The minimum Gasteiger partial charge on any atom is -0.492 e. The van der Waals surface area contributed by atoms with Gasteiger partial charge in [-0.3, -0.25) is 5.32 Å². The molecular weight excluding hydrogens is 521 g/mol. The summed E-state index contributed by atoms with van der Waals surface area (Å²) >= 11 is 0. The maximum atomic E-state index is 13.2. The molecule has 41 heavy (non-hydrogen) atoms. The van der Waals surface area contributed by atoms with E-state index in [-0.39, 0.29) is 5.82 Å². The summed E-state index contributed by atoms with van der Waals surface area (Å²) in [6.45, 7) is 2.92. The number of nitrogens with one attached hydrogen (secondary N) is 1. The van der Waals surface area contributed by atoms with Crippen LogP contribution in [-0.4, -0.2) is 26.8 Å². The number of carbonyl (C=O) groups excluding carboxylic acids is 1. The molecule has 0 aliphatic heterocycles. The van der Waals surface area contributed by atoms with Crippen molar-refractivity contribution in [2.24, 2.45) is 0 Å². The Morgan fingerprint density at radius 3 is 2.61 bits per heavy atom. The molecule has 3 aromatic carbocycles. The molecule has 9 heteroatoms. The lowest BCUT2D eigenvalue weighted by atomic mass is 10.1. The van der Waals surface area contributed by atoms with Crippen molar-refractivity contribution in [2.45, 2.75) is 38.5 Å². The van der Waals surface area contributed by atoms with Gasteiger partial charge in [-0.05, 0) is 67.3 Å². The molecule has 0 radical (unpaired) electrons. The van der Waals surface area contributed by atoms with Crippen LogP contribution in [0.2, 0.25) is 0 Å². The van der Waals surface area contributed by atoms with Gasteiger partial charge in [-0.15, -0.1) is 0 Å². The number of amides is 1. The van der Waals surface area contributed by atoms with Gasteiger partial charge in [0.1, 0.15) is 30.3 Å². The van der Waals surface area contributed by atoms with E-state index in [2.05, 4.69) is 20.9 Å². The van der Waals surface area contributed by atoms with Gasteiger partial charge in [0.05, 0.1) is 29.6 Å². The van der Waals surface area contributed by atoms with Crippen molar-refractivity contribution in [3.63, 3.8) is 0 Å². The molecule has 0 bridgehead atoms. The van der Waals surface area contributed by atoms with E-state index in [0.717, 1.165) is 40.8 Å².